The number of hydrogen-bond donors (Lipinski definition) is 2. The number of piperazine rings is 1. The van der Waals surface area contributed by atoms with Gasteiger partial charge in [-0.3, -0.25) is 19.3 Å². The van der Waals surface area contributed by atoms with E-state index in [-0.39, 0.29) is 5.91 Å². The number of carbonyl (C=O) groups excluding carboxylic acids is 1. The number of benzene rings is 2. The van der Waals surface area contributed by atoms with E-state index in [0.717, 1.165) is 73.2 Å². The number of fused-ring (bicyclic) bond motifs is 1. The average Bonchev–Trinajstić information content (AvgIpc) is 3.82. The lowest BCUT2D eigenvalue weighted by molar-refractivity contribution is -0.111. The van der Waals surface area contributed by atoms with Gasteiger partial charge in [0.25, 0.3) is 0 Å². The summed E-state index contributed by atoms with van der Waals surface area (Å²) < 4.78 is 7.65. The Morgan fingerprint density at radius 2 is 1.93 bits per heavy atom. The van der Waals surface area contributed by atoms with Crippen LogP contribution >= 0.6 is 0 Å². The van der Waals surface area contributed by atoms with Crippen LogP contribution in [-0.2, 0) is 11.8 Å². The molecule has 2 fully saturated rings. The van der Waals surface area contributed by atoms with Gasteiger partial charge in [0.15, 0.2) is 0 Å². The van der Waals surface area contributed by atoms with Crippen molar-refractivity contribution >= 4 is 39.7 Å². The molecule has 0 bridgehead atoms. The zero-order chi connectivity index (χ0) is 29.9. The highest BCUT2D eigenvalue weighted by molar-refractivity contribution is 6.02. The number of methoxy groups -OCH3 is 1. The Hall–Kier alpha value is -4.48. The Morgan fingerprint density at radius 1 is 1.12 bits per heavy atom. The number of anilines is 4. The molecular weight excluding hydrogens is 542 g/mol. The largest absolute Gasteiger partial charge is 0.494 e. The van der Waals surface area contributed by atoms with Gasteiger partial charge in [-0.1, -0.05) is 12.6 Å². The second-order valence-corrected chi connectivity index (χ2v) is 11.2. The first-order valence-corrected chi connectivity index (χ1v) is 14.8. The minimum atomic E-state index is -0.280. The Kier molecular flexibility index (Phi) is 8.26. The number of aromatic nitrogens is 4. The highest BCUT2D eigenvalue weighted by atomic mass is 16.5. The molecule has 0 spiro atoms. The Morgan fingerprint density at radius 3 is 2.67 bits per heavy atom. The molecule has 2 N–H and O–H groups in total. The fraction of sp³-hybridized carbons (Fsp3) is 0.375. The van der Waals surface area contributed by atoms with E-state index >= 15 is 0 Å². The number of hydrogen-bond acceptors (Lipinski definition) is 9. The molecule has 43 heavy (non-hydrogen) atoms. The van der Waals surface area contributed by atoms with Crippen LogP contribution in [0.5, 0.6) is 5.75 Å². The fourth-order valence-corrected chi connectivity index (χ4v) is 5.68. The van der Waals surface area contributed by atoms with Crippen LogP contribution in [0.4, 0.5) is 22.9 Å². The van der Waals surface area contributed by atoms with Crippen LogP contribution < -0.4 is 20.3 Å². The number of nitrogens with one attached hydrogen (secondary N) is 2. The molecular formula is C32H39N9O2. The molecule has 1 amide bonds. The summed E-state index contributed by atoms with van der Waals surface area (Å²) in [7, 11) is 5.61. The van der Waals surface area contributed by atoms with E-state index in [9.17, 15) is 4.79 Å². The SMILES string of the molecule is C=CC(=O)Nc1cc(Nc2cc(-c3ccc4c(cnn4C)c3)ncn2)c(OC)cc1N(C)CCN1CCN(C2CC2)CC1. The molecule has 11 nitrogen and oxygen atoms in total. The van der Waals surface area contributed by atoms with Crippen LogP contribution in [0.1, 0.15) is 12.8 Å². The maximum atomic E-state index is 12.4. The van der Waals surface area contributed by atoms with Crippen molar-refractivity contribution in [2.75, 3.05) is 69.0 Å². The van der Waals surface area contributed by atoms with Crippen molar-refractivity contribution in [2.45, 2.75) is 18.9 Å². The quantitative estimate of drug-likeness (QED) is 0.253. The molecule has 11 heteroatoms. The predicted octanol–water partition coefficient (Wildman–Crippen LogP) is 4.12. The summed E-state index contributed by atoms with van der Waals surface area (Å²) in [5.41, 5.74) is 4.98. The van der Waals surface area contributed by atoms with Crippen LogP contribution in [0.2, 0.25) is 0 Å². The summed E-state index contributed by atoms with van der Waals surface area (Å²) >= 11 is 0. The molecule has 0 atom stereocenters. The molecule has 1 saturated carbocycles. The third-order valence-electron chi connectivity index (χ3n) is 8.37. The van der Waals surface area contributed by atoms with Crippen molar-refractivity contribution in [1.82, 2.24) is 29.5 Å². The summed E-state index contributed by atoms with van der Waals surface area (Å²) in [5, 5.41) is 11.7. The maximum Gasteiger partial charge on any atom is 0.247 e. The van der Waals surface area contributed by atoms with Gasteiger partial charge in [0.2, 0.25) is 5.91 Å². The molecule has 2 aliphatic rings. The second-order valence-electron chi connectivity index (χ2n) is 11.2. The van der Waals surface area contributed by atoms with Crippen molar-refractivity contribution in [3.8, 4) is 17.0 Å². The third-order valence-corrected chi connectivity index (χ3v) is 8.37. The van der Waals surface area contributed by atoms with E-state index in [1.807, 2.05) is 55.3 Å². The second kappa shape index (κ2) is 12.4. The lowest BCUT2D eigenvalue weighted by atomic mass is 10.1. The van der Waals surface area contributed by atoms with Crippen molar-refractivity contribution in [3.63, 3.8) is 0 Å². The predicted molar refractivity (Wildman–Crippen MR) is 171 cm³/mol. The summed E-state index contributed by atoms with van der Waals surface area (Å²) in [5.74, 6) is 0.951. The van der Waals surface area contributed by atoms with Gasteiger partial charge in [-0.2, -0.15) is 5.10 Å². The summed E-state index contributed by atoms with van der Waals surface area (Å²) in [6.45, 7) is 9.86. The lowest BCUT2D eigenvalue weighted by Crippen LogP contribution is -2.48. The van der Waals surface area contributed by atoms with E-state index in [1.54, 1.807) is 7.11 Å². The minimum Gasteiger partial charge on any atom is -0.494 e. The number of likely N-dealkylation sites (N-methyl/N-ethyl adjacent to an activating group) is 1. The molecule has 1 aliphatic carbocycles. The van der Waals surface area contributed by atoms with Gasteiger partial charge in [-0.05, 0) is 37.1 Å². The van der Waals surface area contributed by atoms with Crippen LogP contribution in [0.3, 0.4) is 0 Å². The standard InChI is InChI=1S/C32H39N9O2/c1-5-32(42)37-26-17-27(36-31-18-25(33-21-34-31)22-6-9-28-23(16-22)20-35-39(28)3)30(43-4)19-29(26)38(2)10-11-40-12-14-41(15-13-40)24-7-8-24/h5-6,9,16-21,24H,1,7-8,10-15H2,2-4H3,(H,37,42)(H,33,34,36). The Balaban J connectivity index is 1.21. The average molecular weight is 582 g/mol. The molecule has 2 aromatic carbocycles. The topological polar surface area (TPSA) is 104 Å². The number of ether oxygens (including phenoxy) is 1. The molecule has 3 heterocycles. The zero-order valence-electron chi connectivity index (χ0n) is 25.1. The van der Waals surface area contributed by atoms with Gasteiger partial charge in [0.05, 0.1) is 41.6 Å². The summed E-state index contributed by atoms with van der Waals surface area (Å²) in [4.78, 5) is 28.7. The number of aryl methyl sites for hydroxylation is 1. The zero-order valence-corrected chi connectivity index (χ0v) is 25.1. The van der Waals surface area contributed by atoms with Gasteiger partial charge >= 0.3 is 0 Å². The normalized spacial score (nSPS) is 15.8. The molecule has 1 saturated heterocycles. The Labute approximate surface area is 252 Å². The monoisotopic (exact) mass is 581 g/mol. The van der Waals surface area contributed by atoms with Crippen LogP contribution in [0.25, 0.3) is 22.2 Å². The summed E-state index contributed by atoms with van der Waals surface area (Å²) in [6, 6.07) is 12.7. The number of carbonyl (C=O) groups is 1. The van der Waals surface area contributed by atoms with Crippen molar-refractivity contribution in [2.24, 2.45) is 7.05 Å². The molecule has 0 radical (unpaired) electrons. The minimum absolute atomic E-state index is 0.280. The Bertz CT molecular complexity index is 1620. The first-order valence-electron chi connectivity index (χ1n) is 14.8. The third kappa shape index (κ3) is 6.47. The van der Waals surface area contributed by atoms with Crippen molar-refractivity contribution < 1.29 is 9.53 Å². The van der Waals surface area contributed by atoms with Crippen LogP contribution in [-0.4, -0.2) is 94.9 Å². The van der Waals surface area contributed by atoms with Gasteiger partial charge in [0, 0.05) is 82.5 Å². The highest BCUT2D eigenvalue weighted by Gasteiger charge is 2.31. The first kappa shape index (κ1) is 28.6. The highest BCUT2D eigenvalue weighted by Crippen LogP contribution is 2.38. The number of amides is 1. The molecule has 1 aliphatic heterocycles. The van der Waals surface area contributed by atoms with Gasteiger partial charge in [-0.15, -0.1) is 0 Å². The molecule has 0 unspecified atom stereocenters. The van der Waals surface area contributed by atoms with Crippen molar-refractivity contribution in [3.05, 3.63) is 61.6 Å². The lowest BCUT2D eigenvalue weighted by Gasteiger charge is -2.36. The maximum absolute atomic E-state index is 12.4. The molecule has 2 aromatic heterocycles. The van der Waals surface area contributed by atoms with Gasteiger partial charge in [0.1, 0.15) is 17.9 Å². The van der Waals surface area contributed by atoms with E-state index in [2.05, 4.69) is 53.0 Å². The van der Waals surface area contributed by atoms with Crippen molar-refractivity contribution in [1.29, 1.82) is 0 Å². The first-order chi connectivity index (χ1) is 20.9. The van der Waals surface area contributed by atoms with Gasteiger partial charge < -0.3 is 20.3 Å². The van der Waals surface area contributed by atoms with Crippen LogP contribution in [0, 0.1) is 0 Å². The van der Waals surface area contributed by atoms with E-state index in [1.165, 1.54) is 25.2 Å². The molecule has 224 valence electrons. The van der Waals surface area contributed by atoms with Gasteiger partial charge in [-0.25, -0.2) is 9.97 Å². The summed E-state index contributed by atoms with van der Waals surface area (Å²) in [6.07, 6.45) is 7.36. The fourth-order valence-electron chi connectivity index (χ4n) is 5.68. The van der Waals surface area contributed by atoms with E-state index in [4.69, 9.17) is 4.74 Å². The molecule has 6 rings (SSSR count). The van der Waals surface area contributed by atoms with Crippen LogP contribution in [0.15, 0.2) is 61.6 Å². The van der Waals surface area contributed by atoms with E-state index < -0.39 is 0 Å². The number of rotatable bonds is 11. The van der Waals surface area contributed by atoms with E-state index in [0.29, 0.717) is 22.9 Å². The smallest absolute Gasteiger partial charge is 0.247 e. The number of nitrogens with zero attached hydrogens (tertiary/aromatic N) is 7. The molecule has 4 aromatic rings.